The highest BCUT2D eigenvalue weighted by atomic mass is 32.2. The van der Waals surface area contributed by atoms with Gasteiger partial charge in [0.15, 0.2) is 0 Å². The van der Waals surface area contributed by atoms with Crippen molar-refractivity contribution in [2.45, 2.75) is 76.2 Å². The number of Topliss-reactive ketones (excluding diaryl/α,β-unsaturated/α-hetero) is 1. The molecule has 0 aromatic rings. The molecule has 2 heterocycles. The lowest BCUT2D eigenvalue weighted by molar-refractivity contribution is -0.139. The zero-order valence-electron chi connectivity index (χ0n) is 13.3. The molecule has 0 radical (unpaired) electrons. The molecule has 1 atom stereocenters. The summed E-state index contributed by atoms with van der Waals surface area (Å²) in [4.78, 5) is 12.7. The third-order valence-electron chi connectivity index (χ3n) is 5.82. The summed E-state index contributed by atoms with van der Waals surface area (Å²) in [6, 6.07) is 0. The van der Waals surface area contributed by atoms with Crippen LogP contribution in [0.2, 0.25) is 0 Å². The van der Waals surface area contributed by atoms with Gasteiger partial charge >= 0.3 is 0 Å². The molecule has 0 bridgehead atoms. The third-order valence-corrected chi connectivity index (χ3v) is 6.80. The van der Waals surface area contributed by atoms with E-state index in [2.05, 4.69) is 0 Å². The van der Waals surface area contributed by atoms with Crippen molar-refractivity contribution >= 4 is 17.5 Å². The Morgan fingerprint density at radius 3 is 2.48 bits per heavy atom. The Labute approximate surface area is 133 Å². The SMILES string of the molecule is O=C(CC1CCCCCC1)C1CCOC2(CCSCC2)C1. The molecular formula is C18H30O2S. The van der Waals surface area contributed by atoms with Gasteiger partial charge in [0, 0.05) is 18.9 Å². The molecule has 21 heavy (non-hydrogen) atoms. The first-order chi connectivity index (χ1) is 10.3. The second-order valence-electron chi connectivity index (χ2n) is 7.36. The van der Waals surface area contributed by atoms with Crippen LogP contribution in [0.15, 0.2) is 0 Å². The predicted molar refractivity (Wildman–Crippen MR) is 88.8 cm³/mol. The van der Waals surface area contributed by atoms with Crippen LogP contribution in [0.4, 0.5) is 0 Å². The van der Waals surface area contributed by atoms with E-state index in [1.165, 1.54) is 50.0 Å². The van der Waals surface area contributed by atoms with Crippen molar-refractivity contribution in [3.8, 4) is 0 Å². The quantitative estimate of drug-likeness (QED) is 0.712. The molecule has 1 unspecified atom stereocenters. The van der Waals surface area contributed by atoms with E-state index in [4.69, 9.17) is 4.74 Å². The van der Waals surface area contributed by atoms with E-state index in [0.717, 1.165) is 38.7 Å². The van der Waals surface area contributed by atoms with Crippen LogP contribution in [0.5, 0.6) is 0 Å². The molecular weight excluding hydrogens is 280 g/mol. The van der Waals surface area contributed by atoms with Gasteiger partial charge in [0.2, 0.25) is 0 Å². The molecule has 3 heteroatoms. The number of carbonyl (C=O) groups is 1. The fraction of sp³-hybridized carbons (Fsp3) is 0.944. The van der Waals surface area contributed by atoms with Crippen LogP contribution in [0, 0.1) is 11.8 Å². The molecule has 1 saturated carbocycles. The molecule has 3 aliphatic rings. The van der Waals surface area contributed by atoms with Crippen molar-refractivity contribution in [2.75, 3.05) is 18.1 Å². The highest BCUT2D eigenvalue weighted by molar-refractivity contribution is 7.99. The summed E-state index contributed by atoms with van der Waals surface area (Å²) in [5.74, 6) is 3.96. The van der Waals surface area contributed by atoms with E-state index in [-0.39, 0.29) is 5.60 Å². The first kappa shape index (κ1) is 15.9. The monoisotopic (exact) mass is 310 g/mol. The maximum atomic E-state index is 12.7. The van der Waals surface area contributed by atoms with Gasteiger partial charge in [0.25, 0.3) is 0 Å². The van der Waals surface area contributed by atoms with Crippen molar-refractivity contribution in [3.63, 3.8) is 0 Å². The van der Waals surface area contributed by atoms with E-state index in [0.29, 0.717) is 17.6 Å². The van der Waals surface area contributed by atoms with Crippen molar-refractivity contribution in [1.29, 1.82) is 0 Å². The van der Waals surface area contributed by atoms with Gasteiger partial charge in [0.05, 0.1) is 5.60 Å². The number of ketones is 1. The molecule has 120 valence electrons. The fourth-order valence-corrected chi connectivity index (χ4v) is 5.65. The van der Waals surface area contributed by atoms with Crippen LogP contribution in [-0.4, -0.2) is 29.5 Å². The average molecular weight is 311 g/mol. The first-order valence-electron chi connectivity index (χ1n) is 9.02. The van der Waals surface area contributed by atoms with E-state index in [1.54, 1.807) is 0 Å². The second-order valence-corrected chi connectivity index (χ2v) is 8.59. The second kappa shape index (κ2) is 7.50. The highest BCUT2D eigenvalue weighted by Gasteiger charge is 2.40. The number of hydrogen-bond donors (Lipinski definition) is 0. The van der Waals surface area contributed by atoms with Crippen molar-refractivity contribution in [3.05, 3.63) is 0 Å². The maximum absolute atomic E-state index is 12.7. The molecule has 2 saturated heterocycles. The minimum Gasteiger partial charge on any atom is -0.375 e. The predicted octanol–water partition coefficient (Wildman–Crippen LogP) is 4.61. The number of rotatable bonds is 3. The van der Waals surface area contributed by atoms with E-state index >= 15 is 0 Å². The van der Waals surface area contributed by atoms with Gasteiger partial charge in [-0.1, -0.05) is 38.5 Å². The zero-order valence-corrected chi connectivity index (χ0v) is 14.1. The number of carbonyl (C=O) groups excluding carboxylic acids is 1. The Bertz CT molecular complexity index is 336. The van der Waals surface area contributed by atoms with E-state index < -0.39 is 0 Å². The van der Waals surface area contributed by atoms with Crippen molar-refractivity contribution in [2.24, 2.45) is 11.8 Å². The van der Waals surface area contributed by atoms with Crippen LogP contribution in [0.25, 0.3) is 0 Å². The number of hydrogen-bond acceptors (Lipinski definition) is 3. The maximum Gasteiger partial charge on any atom is 0.136 e. The summed E-state index contributed by atoms with van der Waals surface area (Å²) >= 11 is 2.04. The molecule has 0 amide bonds. The van der Waals surface area contributed by atoms with Crippen molar-refractivity contribution in [1.82, 2.24) is 0 Å². The fourth-order valence-electron chi connectivity index (χ4n) is 4.41. The normalized spacial score (nSPS) is 31.0. The first-order valence-corrected chi connectivity index (χ1v) is 10.2. The summed E-state index contributed by atoms with van der Waals surface area (Å²) < 4.78 is 6.13. The summed E-state index contributed by atoms with van der Waals surface area (Å²) in [6.45, 7) is 0.811. The van der Waals surface area contributed by atoms with E-state index in [1.807, 2.05) is 11.8 Å². The Balaban J connectivity index is 1.53. The van der Waals surface area contributed by atoms with Crippen LogP contribution in [0.1, 0.15) is 70.6 Å². The van der Waals surface area contributed by atoms with Gasteiger partial charge in [-0.2, -0.15) is 11.8 Å². The smallest absolute Gasteiger partial charge is 0.136 e. The molecule has 0 N–H and O–H groups in total. The van der Waals surface area contributed by atoms with Crippen molar-refractivity contribution < 1.29 is 9.53 Å². The molecule has 3 rings (SSSR count). The molecule has 0 aromatic heterocycles. The molecule has 1 spiro atoms. The summed E-state index contributed by atoms with van der Waals surface area (Å²) in [5, 5.41) is 0. The molecule has 3 fully saturated rings. The Morgan fingerprint density at radius 2 is 1.76 bits per heavy atom. The van der Waals surface area contributed by atoms with E-state index in [9.17, 15) is 4.79 Å². The molecule has 2 aliphatic heterocycles. The Hall–Kier alpha value is -0.0200. The topological polar surface area (TPSA) is 26.3 Å². The van der Waals surface area contributed by atoms with Crippen LogP contribution < -0.4 is 0 Å². The average Bonchev–Trinajstić information content (AvgIpc) is 2.77. The van der Waals surface area contributed by atoms with Crippen LogP contribution in [-0.2, 0) is 9.53 Å². The highest BCUT2D eigenvalue weighted by Crippen LogP contribution is 2.40. The van der Waals surface area contributed by atoms with Gasteiger partial charge < -0.3 is 4.74 Å². The third kappa shape index (κ3) is 4.25. The largest absolute Gasteiger partial charge is 0.375 e. The lowest BCUT2D eigenvalue weighted by Gasteiger charge is -2.43. The van der Waals surface area contributed by atoms with Gasteiger partial charge in [0.1, 0.15) is 5.78 Å². The summed E-state index contributed by atoms with van der Waals surface area (Å²) in [7, 11) is 0. The van der Waals surface area contributed by atoms with Crippen LogP contribution >= 0.6 is 11.8 Å². The standard InChI is InChI=1S/C18H30O2S/c19-17(13-15-5-3-1-2-4-6-15)16-7-10-20-18(14-16)8-11-21-12-9-18/h15-16H,1-14H2. The number of ether oxygens (including phenoxy) is 1. The van der Waals surface area contributed by atoms with Gasteiger partial charge in [-0.25, -0.2) is 0 Å². The Kier molecular flexibility index (Phi) is 5.66. The lowest BCUT2D eigenvalue weighted by Crippen LogP contribution is -2.44. The molecule has 2 nitrogen and oxygen atoms in total. The Morgan fingerprint density at radius 1 is 1.05 bits per heavy atom. The lowest BCUT2D eigenvalue weighted by atomic mass is 9.78. The minimum atomic E-state index is 0.0628. The number of thioether (sulfide) groups is 1. The minimum absolute atomic E-state index is 0.0628. The summed E-state index contributed by atoms with van der Waals surface area (Å²) in [6.07, 6.45) is 13.2. The molecule has 0 aromatic carbocycles. The van der Waals surface area contributed by atoms with Crippen LogP contribution in [0.3, 0.4) is 0 Å². The molecule has 1 aliphatic carbocycles. The summed E-state index contributed by atoms with van der Waals surface area (Å²) in [5.41, 5.74) is 0.0628. The van der Waals surface area contributed by atoms with Gasteiger partial charge in [-0.15, -0.1) is 0 Å². The van der Waals surface area contributed by atoms with Gasteiger partial charge in [-0.05, 0) is 43.1 Å². The van der Waals surface area contributed by atoms with Gasteiger partial charge in [-0.3, -0.25) is 4.79 Å². The zero-order chi connectivity index (χ0) is 14.5.